The summed E-state index contributed by atoms with van der Waals surface area (Å²) >= 11 is 0. The second kappa shape index (κ2) is 6.37. The van der Waals surface area contributed by atoms with Crippen LogP contribution in [0.5, 0.6) is 0 Å². The van der Waals surface area contributed by atoms with Gasteiger partial charge in [0.2, 0.25) is 0 Å². The molecule has 3 atom stereocenters. The number of anilines is 1. The maximum Gasteiger partial charge on any atom is 0.0936 e. The molecule has 0 spiro atoms. The molecule has 2 rings (SSSR count). The van der Waals surface area contributed by atoms with Crippen molar-refractivity contribution in [3.8, 4) is 0 Å². The number of nitrogens with zero attached hydrogens (tertiary/aromatic N) is 1. The minimum absolute atomic E-state index is 0.147. The average molecular weight is 264 g/mol. The van der Waals surface area contributed by atoms with Crippen LogP contribution in [0, 0.1) is 0 Å². The summed E-state index contributed by atoms with van der Waals surface area (Å²) in [6, 6.07) is 7.54. The highest BCUT2D eigenvalue weighted by atomic mass is 16.3. The van der Waals surface area contributed by atoms with Crippen LogP contribution in [0.25, 0.3) is 0 Å². The molecule has 1 aromatic carbocycles. The summed E-state index contributed by atoms with van der Waals surface area (Å²) in [7, 11) is 1.96. The summed E-state index contributed by atoms with van der Waals surface area (Å²) in [6.45, 7) is 0.496. The van der Waals surface area contributed by atoms with E-state index in [1.807, 2.05) is 25.2 Å². The molecule has 0 amide bonds. The predicted molar refractivity (Wildman–Crippen MR) is 76.7 cm³/mol. The van der Waals surface area contributed by atoms with Crippen LogP contribution in [-0.4, -0.2) is 40.9 Å². The first kappa shape index (κ1) is 14.3. The molecule has 1 aliphatic rings. The van der Waals surface area contributed by atoms with E-state index < -0.39 is 6.10 Å². The molecule has 3 unspecified atom stereocenters. The number of aliphatic hydroxyl groups excluding tert-OH is 2. The Balaban J connectivity index is 1.98. The van der Waals surface area contributed by atoms with Crippen molar-refractivity contribution >= 4 is 5.69 Å². The van der Waals surface area contributed by atoms with E-state index >= 15 is 0 Å². The SMILES string of the molecule is CN(CC(O)c1ccccc1N)C1CCCCC1O. The predicted octanol–water partition coefficient (Wildman–Crippen LogP) is 1.54. The van der Waals surface area contributed by atoms with Crippen LogP contribution in [-0.2, 0) is 0 Å². The smallest absolute Gasteiger partial charge is 0.0936 e. The molecule has 0 radical (unpaired) electrons. The van der Waals surface area contributed by atoms with E-state index in [1.54, 1.807) is 6.07 Å². The average Bonchev–Trinajstić information content (AvgIpc) is 2.39. The summed E-state index contributed by atoms with van der Waals surface area (Å²) in [5, 5.41) is 20.3. The molecule has 19 heavy (non-hydrogen) atoms. The zero-order valence-electron chi connectivity index (χ0n) is 11.5. The van der Waals surface area contributed by atoms with Crippen molar-refractivity contribution in [3.05, 3.63) is 29.8 Å². The van der Waals surface area contributed by atoms with E-state index in [1.165, 1.54) is 0 Å². The summed E-state index contributed by atoms with van der Waals surface area (Å²) in [5.41, 5.74) is 7.26. The van der Waals surface area contributed by atoms with Gasteiger partial charge in [0, 0.05) is 23.8 Å². The van der Waals surface area contributed by atoms with Crippen molar-refractivity contribution in [2.24, 2.45) is 0 Å². The van der Waals surface area contributed by atoms with E-state index in [2.05, 4.69) is 4.90 Å². The fraction of sp³-hybridized carbons (Fsp3) is 0.600. The monoisotopic (exact) mass is 264 g/mol. The van der Waals surface area contributed by atoms with Gasteiger partial charge >= 0.3 is 0 Å². The van der Waals surface area contributed by atoms with Gasteiger partial charge in [-0.05, 0) is 26.0 Å². The van der Waals surface area contributed by atoms with Crippen LogP contribution in [0.4, 0.5) is 5.69 Å². The van der Waals surface area contributed by atoms with Crippen LogP contribution in [0.2, 0.25) is 0 Å². The number of nitrogens with two attached hydrogens (primary N) is 1. The normalized spacial score (nSPS) is 25.5. The number of hydrogen-bond donors (Lipinski definition) is 3. The molecule has 0 saturated heterocycles. The summed E-state index contributed by atoms with van der Waals surface area (Å²) in [4.78, 5) is 2.06. The minimum atomic E-state index is -0.611. The maximum atomic E-state index is 10.3. The van der Waals surface area contributed by atoms with Crippen LogP contribution >= 0.6 is 0 Å². The first-order chi connectivity index (χ1) is 9.09. The van der Waals surface area contributed by atoms with E-state index in [0.29, 0.717) is 12.2 Å². The Morgan fingerprint density at radius 2 is 2.00 bits per heavy atom. The quantitative estimate of drug-likeness (QED) is 0.721. The third-order valence-corrected chi connectivity index (χ3v) is 4.08. The lowest BCUT2D eigenvalue weighted by molar-refractivity contribution is 0.0110. The van der Waals surface area contributed by atoms with E-state index in [9.17, 15) is 10.2 Å². The van der Waals surface area contributed by atoms with Gasteiger partial charge < -0.3 is 15.9 Å². The number of nitrogen functional groups attached to an aromatic ring is 1. The number of aliphatic hydroxyl groups is 2. The van der Waals surface area contributed by atoms with Gasteiger partial charge in [-0.3, -0.25) is 4.90 Å². The molecule has 106 valence electrons. The topological polar surface area (TPSA) is 69.7 Å². The van der Waals surface area contributed by atoms with Crippen LogP contribution in [0.1, 0.15) is 37.4 Å². The largest absolute Gasteiger partial charge is 0.398 e. The standard InChI is InChI=1S/C15H24N2O2/c1-17(13-8-4-5-9-14(13)18)10-15(19)11-6-2-3-7-12(11)16/h2-3,6-7,13-15,18-19H,4-5,8-10,16H2,1H3. The van der Waals surface area contributed by atoms with Gasteiger partial charge in [-0.1, -0.05) is 31.0 Å². The van der Waals surface area contributed by atoms with E-state index in [4.69, 9.17) is 5.73 Å². The minimum Gasteiger partial charge on any atom is -0.398 e. The zero-order valence-corrected chi connectivity index (χ0v) is 11.5. The Labute approximate surface area is 114 Å². The number of para-hydroxylation sites is 1. The zero-order chi connectivity index (χ0) is 13.8. The fourth-order valence-electron chi connectivity index (χ4n) is 2.93. The molecule has 1 fully saturated rings. The Bertz CT molecular complexity index is 411. The molecule has 0 bridgehead atoms. The number of benzene rings is 1. The molecule has 4 N–H and O–H groups in total. The van der Waals surface area contributed by atoms with E-state index in [-0.39, 0.29) is 12.1 Å². The Kier molecular flexibility index (Phi) is 4.80. The molecule has 0 aliphatic heterocycles. The number of hydrogen-bond acceptors (Lipinski definition) is 4. The van der Waals surface area contributed by atoms with Crippen LogP contribution in [0.15, 0.2) is 24.3 Å². The van der Waals surface area contributed by atoms with Crippen molar-refractivity contribution in [1.82, 2.24) is 4.90 Å². The first-order valence-electron chi connectivity index (χ1n) is 7.00. The summed E-state index contributed by atoms with van der Waals surface area (Å²) < 4.78 is 0. The molecular formula is C15H24N2O2. The molecule has 1 saturated carbocycles. The lowest BCUT2D eigenvalue weighted by atomic mass is 9.91. The highest BCUT2D eigenvalue weighted by Crippen LogP contribution is 2.25. The van der Waals surface area contributed by atoms with Crippen molar-refractivity contribution in [3.63, 3.8) is 0 Å². The van der Waals surface area contributed by atoms with Crippen LogP contribution in [0.3, 0.4) is 0 Å². The third kappa shape index (κ3) is 3.47. The van der Waals surface area contributed by atoms with Gasteiger partial charge in [0.15, 0.2) is 0 Å². The van der Waals surface area contributed by atoms with Gasteiger partial charge in [0.25, 0.3) is 0 Å². The van der Waals surface area contributed by atoms with Gasteiger partial charge in [-0.25, -0.2) is 0 Å². The molecular weight excluding hydrogens is 240 g/mol. The van der Waals surface area contributed by atoms with Gasteiger partial charge in [-0.15, -0.1) is 0 Å². The van der Waals surface area contributed by atoms with Gasteiger partial charge in [-0.2, -0.15) is 0 Å². The molecule has 4 heteroatoms. The first-order valence-corrected chi connectivity index (χ1v) is 7.00. The Morgan fingerprint density at radius 3 is 2.68 bits per heavy atom. The number of likely N-dealkylation sites (N-methyl/N-ethyl adjacent to an activating group) is 1. The number of rotatable bonds is 4. The summed E-state index contributed by atoms with van der Waals surface area (Å²) in [6.07, 6.45) is 3.21. The molecule has 4 nitrogen and oxygen atoms in total. The second-order valence-corrected chi connectivity index (χ2v) is 5.50. The maximum absolute atomic E-state index is 10.3. The highest BCUT2D eigenvalue weighted by molar-refractivity contribution is 5.47. The fourth-order valence-corrected chi connectivity index (χ4v) is 2.93. The highest BCUT2D eigenvalue weighted by Gasteiger charge is 2.28. The lowest BCUT2D eigenvalue weighted by Crippen LogP contribution is -2.44. The van der Waals surface area contributed by atoms with Crippen LogP contribution < -0.4 is 5.73 Å². The van der Waals surface area contributed by atoms with Crippen molar-refractivity contribution in [2.75, 3.05) is 19.3 Å². The molecule has 1 aliphatic carbocycles. The lowest BCUT2D eigenvalue weighted by Gasteiger charge is -2.36. The molecule has 0 aromatic heterocycles. The van der Waals surface area contributed by atoms with Crippen molar-refractivity contribution in [1.29, 1.82) is 0 Å². The third-order valence-electron chi connectivity index (χ3n) is 4.08. The van der Waals surface area contributed by atoms with Gasteiger partial charge in [0.1, 0.15) is 0 Å². The van der Waals surface area contributed by atoms with Gasteiger partial charge in [0.05, 0.1) is 12.2 Å². The second-order valence-electron chi connectivity index (χ2n) is 5.50. The van der Waals surface area contributed by atoms with E-state index in [0.717, 1.165) is 31.2 Å². The van der Waals surface area contributed by atoms with Crippen molar-refractivity contribution < 1.29 is 10.2 Å². The van der Waals surface area contributed by atoms with Crippen molar-refractivity contribution in [2.45, 2.75) is 43.9 Å². The Hall–Kier alpha value is -1.10. The summed E-state index contributed by atoms with van der Waals surface area (Å²) in [5.74, 6) is 0. The molecule has 0 heterocycles. The Morgan fingerprint density at radius 1 is 1.32 bits per heavy atom. The molecule has 1 aromatic rings.